The molecule has 6 heteroatoms. The Balaban J connectivity index is 1.87. The SMILES string of the molecule is COCC1(C(=O)NCCc2ccnn2C)CCNCC1. The summed E-state index contributed by atoms with van der Waals surface area (Å²) in [5, 5.41) is 10.5. The largest absolute Gasteiger partial charge is 0.384 e. The van der Waals surface area contributed by atoms with Crippen LogP contribution in [0.2, 0.25) is 0 Å². The third kappa shape index (κ3) is 3.37. The van der Waals surface area contributed by atoms with Gasteiger partial charge >= 0.3 is 0 Å². The van der Waals surface area contributed by atoms with Gasteiger partial charge in [0.15, 0.2) is 0 Å². The number of ether oxygens (including phenoxy) is 1. The molecule has 0 radical (unpaired) electrons. The van der Waals surface area contributed by atoms with Crippen LogP contribution in [0.4, 0.5) is 0 Å². The van der Waals surface area contributed by atoms with Gasteiger partial charge in [0, 0.05) is 39.0 Å². The maximum atomic E-state index is 12.5. The number of rotatable bonds is 6. The standard InChI is InChI=1S/C14H24N4O2/c1-18-12(4-8-17-18)3-7-16-13(19)14(11-20-2)5-9-15-10-6-14/h4,8,15H,3,5-7,9-11H2,1-2H3,(H,16,19). The van der Waals surface area contributed by atoms with Crippen LogP contribution in [0.5, 0.6) is 0 Å². The van der Waals surface area contributed by atoms with Crippen molar-refractivity contribution in [2.24, 2.45) is 12.5 Å². The number of aromatic nitrogens is 2. The highest BCUT2D eigenvalue weighted by Crippen LogP contribution is 2.29. The second-order valence-corrected chi connectivity index (χ2v) is 5.42. The summed E-state index contributed by atoms with van der Waals surface area (Å²) < 4.78 is 7.11. The van der Waals surface area contributed by atoms with Crippen LogP contribution >= 0.6 is 0 Å². The van der Waals surface area contributed by atoms with E-state index in [1.54, 1.807) is 13.3 Å². The lowest BCUT2D eigenvalue weighted by Crippen LogP contribution is -2.50. The molecule has 2 rings (SSSR count). The molecule has 0 unspecified atom stereocenters. The molecule has 112 valence electrons. The van der Waals surface area contributed by atoms with E-state index < -0.39 is 0 Å². The van der Waals surface area contributed by atoms with E-state index in [0.29, 0.717) is 13.2 Å². The van der Waals surface area contributed by atoms with E-state index in [0.717, 1.165) is 38.0 Å². The van der Waals surface area contributed by atoms with E-state index in [1.165, 1.54) is 0 Å². The Morgan fingerprint density at radius 2 is 2.30 bits per heavy atom. The fraction of sp³-hybridized carbons (Fsp3) is 0.714. The molecule has 0 atom stereocenters. The number of hydrogen-bond donors (Lipinski definition) is 2. The highest BCUT2D eigenvalue weighted by atomic mass is 16.5. The highest BCUT2D eigenvalue weighted by Gasteiger charge is 2.39. The Hall–Kier alpha value is -1.40. The smallest absolute Gasteiger partial charge is 0.228 e. The Morgan fingerprint density at radius 1 is 1.55 bits per heavy atom. The van der Waals surface area contributed by atoms with Gasteiger partial charge in [0.1, 0.15) is 0 Å². The number of nitrogens with zero attached hydrogens (tertiary/aromatic N) is 2. The van der Waals surface area contributed by atoms with Gasteiger partial charge in [0.25, 0.3) is 0 Å². The third-order valence-electron chi connectivity index (χ3n) is 4.05. The molecule has 2 N–H and O–H groups in total. The fourth-order valence-electron chi connectivity index (χ4n) is 2.76. The van der Waals surface area contributed by atoms with Gasteiger partial charge in [-0.05, 0) is 32.0 Å². The Bertz CT molecular complexity index is 433. The summed E-state index contributed by atoms with van der Waals surface area (Å²) in [5.74, 6) is 0.114. The van der Waals surface area contributed by atoms with Crippen molar-refractivity contribution in [2.45, 2.75) is 19.3 Å². The molecule has 1 aliphatic rings. The fourth-order valence-corrected chi connectivity index (χ4v) is 2.76. The molecule has 1 aliphatic heterocycles. The molecule has 1 aromatic rings. The summed E-state index contributed by atoms with van der Waals surface area (Å²) in [4.78, 5) is 12.5. The minimum absolute atomic E-state index is 0.114. The number of nitrogens with one attached hydrogen (secondary N) is 2. The monoisotopic (exact) mass is 280 g/mol. The van der Waals surface area contributed by atoms with Crippen LogP contribution in [0.3, 0.4) is 0 Å². The van der Waals surface area contributed by atoms with E-state index in [-0.39, 0.29) is 11.3 Å². The predicted molar refractivity (Wildman–Crippen MR) is 76.3 cm³/mol. The number of carbonyl (C=O) groups is 1. The zero-order chi connectivity index (χ0) is 14.4. The number of amides is 1. The predicted octanol–water partition coefficient (Wildman–Crippen LogP) is 0.0950. The van der Waals surface area contributed by atoms with Crippen LogP contribution in [-0.2, 0) is 23.0 Å². The molecular formula is C14H24N4O2. The lowest BCUT2D eigenvalue weighted by atomic mass is 9.78. The van der Waals surface area contributed by atoms with E-state index in [1.807, 2.05) is 17.8 Å². The first kappa shape index (κ1) is 15.0. The molecule has 0 bridgehead atoms. The van der Waals surface area contributed by atoms with Gasteiger partial charge in [-0.15, -0.1) is 0 Å². The van der Waals surface area contributed by atoms with Gasteiger partial charge in [0.05, 0.1) is 12.0 Å². The molecule has 6 nitrogen and oxygen atoms in total. The molecule has 1 amide bonds. The van der Waals surface area contributed by atoms with Crippen molar-refractivity contribution in [3.63, 3.8) is 0 Å². The number of piperidine rings is 1. The maximum absolute atomic E-state index is 12.5. The van der Waals surface area contributed by atoms with Crippen molar-refractivity contribution < 1.29 is 9.53 Å². The summed E-state index contributed by atoms with van der Waals surface area (Å²) in [7, 11) is 3.57. The van der Waals surface area contributed by atoms with Gasteiger partial charge in [-0.2, -0.15) is 5.10 Å². The van der Waals surface area contributed by atoms with Crippen molar-refractivity contribution in [2.75, 3.05) is 33.4 Å². The maximum Gasteiger partial charge on any atom is 0.228 e. The lowest BCUT2D eigenvalue weighted by Gasteiger charge is -2.35. The molecule has 1 fully saturated rings. The first-order chi connectivity index (χ1) is 9.68. The average Bonchev–Trinajstić information content (AvgIpc) is 2.86. The van der Waals surface area contributed by atoms with E-state index in [2.05, 4.69) is 15.7 Å². The summed E-state index contributed by atoms with van der Waals surface area (Å²) >= 11 is 0. The van der Waals surface area contributed by atoms with Crippen molar-refractivity contribution in [3.05, 3.63) is 18.0 Å². The Labute approximate surface area is 119 Å². The summed E-state index contributed by atoms with van der Waals surface area (Å²) in [6, 6.07) is 1.97. The molecule has 0 aliphatic carbocycles. The summed E-state index contributed by atoms with van der Waals surface area (Å²) in [6.45, 7) is 2.88. The average molecular weight is 280 g/mol. The zero-order valence-electron chi connectivity index (χ0n) is 12.3. The third-order valence-corrected chi connectivity index (χ3v) is 4.05. The van der Waals surface area contributed by atoms with Crippen molar-refractivity contribution in [3.8, 4) is 0 Å². The Kier molecular flexibility index (Phi) is 5.14. The first-order valence-electron chi connectivity index (χ1n) is 7.13. The summed E-state index contributed by atoms with van der Waals surface area (Å²) in [5.41, 5.74) is 0.753. The van der Waals surface area contributed by atoms with Crippen LogP contribution in [-0.4, -0.2) is 49.0 Å². The molecule has 0 saturated carbocycles. The molecule has 0 spiro atoms. The number of methoxy groups -OCH3 is 1. The molecule has 1 aromatic heterocycles. The molecule has 2 heterocycles. The Morgan fingerprint density at radius 3 is 2.90 bits per heavy atom. The van der Waals surface area contributed by atoms with Crippen LogP contribution in [0.1, 0.15) is 18.5 Å². The van der Waals surface area contributed by atoms with Crippen molar-refractivity contribution in [1.29, 1.82) is 0 Å². The highest BCUT2D eigenvalue weighted by molar-refractivity contribution is 5.83. The van der Waals surface area contributed by atoms with Gasteiger partial charge in [-0.3, -0.25) is 9.48 Å². The quantitative estimate of drug-likeness (QED) is 0.775. The minimum Gasteiger partial charge on any atom is -0.384 e. The normalized spacial score (nSPS) is 17.9. The van der Waals surface area contributed by atoms with E-state index in [9.17, 15) is 4.79 Å². The van der Waals surface area contributed by atoms with E-state index >= 15 is 0 Å². The van der Waals surface area contributed by atoms with Crippen molar-refractivity contribution in [1.82, 2.24) is 20.4 Å². The van der Waals surface area contributed by atoms with Gasteiger partial charge in [-0.1, -0.05) is 0 Å². The van der Waals surface area contributed by atoms with Gasteiger partial charge < -0.3 is 15.4 Å². The van der Waals surface area contributed by atoms with Crippen molar-refractivity contribution >= 4 is 5.91 Å². The second kappa shape index (κ2) is 6.85. The van der Waals surface area contributed by atoms with E-state index in [4.69, 9.17) is 4.74 Å². The topological polar surface area (TPSA) is 68.2 Å². The van der Waals surface area contributed by atoms with Gasteiger partial charge in [-0.25, -0.2) is 0 Å². The minimum atomic E-state index is -0.369. The molecule has 20 heavy (non-hydrogen) atoms. The number of aryl methyl sites for hydroxylation is 1. The second-order valence-electron chi connectivity index (χ2n) is 5.42. The molecule has 1 saturated heterocycles. The summed E-state index contributed by atoms with van der Waals surface area (Å²) in [6.07, 6.45) is 4.23. The van der Waals surface area contributed by atoms with Crippen LogP contribution in [0, 0.1) is 5.41 Å². The van der Waals surface area contributed by atoms with Gasteiger partial charge in [0.2, 0.25) is 5.91 Å². The first-order valence-corrected chi connectivity index (χ1v) is 7.13. The molecular weight excluding hydrogens is 256 g/mol. The van der Waals surface area contributed by atoms with Crippen LogP contribution < -0.4 is 10.6 Å². The molecule has 0 aromatic carbocycles. The van der Waals surface area contributed by atoms with Crippen LogP contribution in [0.15, 0.2) is 12.3 Å². The lowest BCUT2D eigenvalue weighted by molar-refractivity contribution is -0.136. The zero-order valence-corrected chi connectivity index (χ0v) is 12.3. The van der Waals surface area contributed by atoms with Crippen LogP contribution in [0.25, 0.3) is 0 Å². The number of carbonyl (C=O) groups excluding carboxylic acids is 1. The number of hydrogen-bond acceptors (Lipinski definition) is 4.